The Balaban J connectivity index is 1.79. The number of hydrogen-bond donors (Lipinski definition) is 0. The number of rotatable bonds is 5. The average Bonchev–Trinajstić information content (AvgIpc) is 3.21. The summed E-state index contributed by atoms with van der Waals surface area (Å²) in [6, 6.07) is 5.65. The fourth-order valence-electron chi connectivity index (χ4n) is 3.60. The van der Waals surface area contributed by atoms with E-state index in [2.05, 4.69) is 5.16 Å². The molecule has 1 atom stereocenters. The van der Waals surface area contributed by atoms with Gasteiger partial charge in [0.05, 0.1) is 32.4 Å². The number of methoxy groups -OCH3 is 2. The first-order valence-corrected chi connectivity index (χ1v) is 8.48. The van der Waals surface area contributed by atoms with Gasteiger partial charge in [-0.25, -0.2) is 0 Å². The molecule has 0 radical (unpaired) electrons. The molecule has 0 saturated carbocycles. The largest absolute Gasteiger partial charge is 0.493 e. The molecule has 3 rings (SSSR count). The third kappa shape index (κ3) is 3.34. The second-order valence-electron chi connectivity index (χ2n) is 6.35. The maximum atomic E-state index is 12.9. The van der Waals surface area contributed by atoms with E-state index in [1.54, 1.807) is 14.2 Å². The molecule has 1 aromatic carbocycles. The molecule has 1 aliphatic heterocycles. The van der Waals surface area contributed by atoms with Crippen molar-refractivity contribution in [3.8, 4) is 11.5 Å². The summed E-state index contributed by atoms with van der Waals surface area (Å²) in [5.74, 6) is 2.20. The number of hydrogen-bond acceptors (Lipinski definition) is 5. The van der Waals surface area contributed by atoms with Crippen LogP contribution in [0.2, 0.25) is 0 Å². The first-order chi connectivity index (χ1) is 12.0. The number of carbonyl (C=O) groups is 1. The van der Waals surface area contributed by atoms with Crippen molar-refractivity contribution in [3.63, 3.8) is 0 Å². The van der Waals surface area contributed by atoms with Crippen molar-refractivity contribution in [1.29, 1.82) is 0 Å². The van der Waals surface area contributed by atoms with Crippen LogP contribution in [0, 0.1) is 13.8 Å². The van der Waals surface area contributed by atoms with Gasteiger partial charge in [0.25, 0.3) is 0 Å². The second kappa shape index (κ2) is 7.17. The summed E-state index contributed by atoms with van der Waals surface area (Å²) < 4.78 is 15.9. The first-order valence-electron chi connectivity index (χ1n) is 8.48. The SMILES string of the molecule is COc1ccc(CC(=O)N2CCC[C@H]2c2c(C)noc2C)cc1OC. The average molecular weight is 344 g/mol. The summed E-state index contributed by atoms with van der Waals surface area (Å²) in [7, 11) is 3.19. The summed E-state index contributed by atoms with van der Waals surface area (Å²) in [4.78, 5) is 14.8. The fraction of sp³-hybridized carbons (Fsp3) is 0.474. The van der Waals surface area contributed by atoms with Crippen LogP contribution in [-0.4, -0.2) is 36.7 Å². The highest BCUT2D eigenvalue weighted by molar-refractivity contribution is 5.80. The maximum Gasteiger partial charge on any atom is 0.227 e. The van der Waals surface area contributed by atoms with Crippen LogP contribution in [0.25, 0.3) is 0 Å². The van der Waals surface area contributed by atoms with Crippen LogP contribution in [-0.2, 0) is 11.2 Å². The third-order valence-electron chi connectivity index (χ3n) is 4.80. The summed E-state index contributed by atoms with van der Waals surface area (Å²) in [5.41, 5.74) is 2.83. The van der Waals surface area contributed by atoms with Gasteiger partial charge in [-0.2, -0.15) is 0 Å². The lowest BCUT2D eigenvalue weighted by atomic mass is 10.0. The number of ether oxygens (including phenoxy) is 2. The van der Waals surface area contributed by atoms with Crippen molar-refractivity contribution in [2.75, 3.05) is 20.8 Å². The molecule has 2 aromatic rings. The van der Waals surface area contributed by atoms with Gasteiger partial charge in [-0.3, -0.25) is 4.79 Å². The highest BCUT2D eigenvalue weighted by atomic mass is 16.5. The second-order valence-corrected chi connectivity index (χ2v) is 6.35. The van der Waals surface area contributed by atoms with Gasteiger partial charge in [-0.05, 0) is 44.4 Å². The number of nitrogens with zero attached hydrogens (tertiary/aromatic N) is 2. The number of aromatic nitrogens is 1. The first kappa shape index (κ1) is 17.3. The van der Waals surface area contributed by atoms with Gasteiger partial charge < -0.3 is 18.9 Å². The minimum atomic E-state index is 0.0545. The molecule has 0 N–H and O–H groups in total. The maximum absolute atomic E-state index is 12.9. The van der Waals surface area contributed by atoms with Gasteiger partial charge in [0.1, 0.15) is 5.76 Å². The molecule has 0 spiro atoms. The predicted molar refractivity (Wildman–Crippen MR) is 92.9 cm³/mol. The Hall–Kier alpha value is -2.50. The zero-order valence-corrected chi connectivity index (χ0v) is 15.2. The lowest BCUT2D eigenvalue weighted by Gasteiger charge is -2.25. The molecule has 0 bridgehead atoms. The Morgan fingerprint density at radius 2 is 2.04 bits per heavy atom. The van der Waals surface area contributed by atoms with Crippen molar-refractivity contribution in [1.82, 2.24) is 10.1 Å². The van der Waals surface area contributed by atoms with Crippen molar-refractivity contribution in [2.45, 2.75) is 39.2 Å². The van der Waals surface area contributed by atoms with Crippen LogP contribution < -0.4 is 9.47 Å². The quantitative estimate of drug-likeness (QED) is 0.833. The lowest BCUT2D eigenvalue weighted by molar-refractivity contribution is -0.131. The monoisotopic (exact) mass is 344 g/mol. The molecule has 6 nitrogen and oxygen atoms in total. The molecule has 134 valence electrons. The topological polar surface area (TPSA) is 64.8 Å². The molecule has 1 saturated heterocycles. The van der Waals surface area contributed by atoms with E-state index in [4.69, 9.17) is 14.0 Å². The number of likely N-dealkylation sites (tertiary alicyclic amines) is 1. The van der Waals surface area contributed by atoms with Gasteiger partial charge in [0.15, 0.2) is 11.5 Å². The third-order valence-corrected chi connectivity index (χ3v) is 4.80. The standard InChI is InChI=1S/C19H24N2O4/c1-12-19(13(2)25-20-12)15-6-5-9-21(15)18(22)11-14-7-8-16(23-3)17(10-14)24-4/h7-8,10,15H,5-6,9,11H2,1-4H3/t15-/m0/s1. The van der Waals surface area contributed by atoms with Crippen LogP contribution in [0.3, 0.4) is 0 Å². The highest BCUT2D eigenvalue weighted by Crippen LogP contribution is 2.36. The van der Waals surface area contributed by atoms with Crippen LogP contribution in [0.1, 0.15) is 41.5 Å². The normalized spacial score (nSPS) is 17.0. The van der Waals surface area contributed by atoms with Gasteiger partial charge in [0, 0.05) is 12.1 Å². The minimum absolute atomic E-state index is 0.0545. The van der Waals surface area contributed by atoms with E-state index in [1.807, 2.05) is 36.9 Å². The number of carbonyl (C=O) groups excluding carboxylic acids is 1. The van der Waals surface area contributed by atoms with Gasteiger partial charge in [0.2, 0.25) is 5.91 Å². The molecule has 25 heavy (non-hydrogen) atoms. The number of aryl methyl sites for hydroxylation is 2. The Kier molecular flexibility index (Phi) is 4.97. The Morgan fingerprint density at radius 3 is 2.68 bits per heavy atom. The van der Waals surface area contributed by atoms with E-state index in [0.717, 1.165) is 42.0 Å². The van der Waals surface area contributed by atoms with E-state index in [-0.39, 0.29) is 11.9 Å². The number of benzene rings is 1. The Morgan fingerprint density at radius 1 is 1.28 bits per heavy atom. The fourth-order valence-corrected chi connectivity index (χ4v) is 3.60. The van der Waals surface area contributed by atoms with E-state index < -0.39 is 0 Å². The smallest absolute Gasteiger partial charge is 0.227 e. The van der Waals surface area contributed by atoms with Gasteiger partial charge in [-0.15, -0.1) is 0 Å². The zero-order valence-electron chi connectivity index (χ0n) is 15.2. The molecular weight excluding hydrogens is 320 g/mol. The van der Waals surface area contributed by atoms with Crippen molar-refractivity contribution < 1.29 is 18.8 Å². The molecule has 0 aliphatic carbocycles. The molecule has 1 aliphatic rings. The Labute approximate surface area is 147 Å². The predicted octanol–water partition coefficient (Wildman–Crippen LogP) is 3.21. The highest BCUT2D eigenvalue weighted by Gasteiger charge is 2.33. The Bertz CT molecular complexity index is 749. The molecule has 1 aromatic heterocycles. The van der Waals surface area contributed by atoms with Crippen LogP contribution in [0.15, 0.2) is 22.7 Å². The summed E-state index contributed by atoms with van der Waals surface area (Å²) in [6.07, 6.45) is 2.27. The molecular formula is C19H24N2O4. The van der Waals surface area contributed by atoms with E-state index in [9.17, 15) is 4.79 Å². The minimum Gasteiger partial charge on any atom is -0.493 e. The van der Waals surface area contributed by atoms with Crippen LogP contribution in [0.4, 0.5) is 0 Å². The van der Waals surface area contributed by atoms with Gasteiger partial charge >= 0.3 is 0 Å². The summed E-state index contributed by atoms with van der Waals surface area (Å²) in [5, 5.41) is 4.04. The zero-order chi connectivity index (χ0) is 18.0. The molecule has 0 unspecified atom stereocenters. The summed E-state index contributed by atoms with van der Waals surface area (Å²) >= 11 is 0. The van der Waals surface area contributed by atoms with E-state index in [1.165, 1.54) is 0 Å². The summed E-state index contributed by atoms with van der Waals surface area (Å²) in [6.45, 7) is 4.60. The van der Waals surface area contributed by atoms with E-state index >= 15 is 0 Å². The number of amides is 1. The van der Waals surface area contributed by atoms with Crippen molar-refractivity contribution in [3.05, 3.63) is 40.8 Å². The van der Waals surface area contributed by atoms with Crippen molar-refractivity contribution >= 4 is 5.91 Å². The van der Waals surface area contributed by atoms with E-state index in [0.29, 0.717) is 17.9 Å². The van der Waals surface area contributed by atoms with Gasteiger partial charge in [-0.1, -0.05) is 11.2 Å². The molecule has 1 fully saturated rings. The van der Waals surface area contributed by atoms with Crippen molar-refractivity contribution in [2.24, 2.45) is 0 Å². The van der Waals surface area contributed by atoms with Crippen LogP contribution >= 0.6 is 0 Å². The lowest BCUT2D eigenvalue weighted by Crippen LogP contribution is -2.32. The van der Waals surface area contributed by atoms with Crippen LogP contribution in [0.5, 0.6) is 11.5 Å². The molecule has 1 amide bonds. The molecule has 2 heterocycles. The molecule has 6 heteroatoms.